The highest BCUT2D eigenvalue weighted by Crippen LogP contribution is 2.39. The fraction of sp³-hybridized carbons (Fsp3) is 0.640. The minimum absolute atomic E-state index is 0.143. The topological polar surface area (TPSA) is 85.4 Å². The van der Waals surface area contributed by atoms with Crippen molar-refractivity contribution in [3.63, 3.8) is 0 Å². The summed E-state index contributed by atoms with van der Waals surface area (Å²) >= 11 is 0. The van der Waals surface area contributed by atoms with E-state index in [1.54, 1.807) is 18.2 Å². The number of hydrogen-bond acceptors (Lipinski definition) is 7. The highest BCUT2D eigenvalue weighted by atomic mass is 32.2. The van der Waals surface area contributed by atoms with Gasteiger partial charge in [-0.25, -0.2) is 8.42 Å². The zero-order chi connectivity index (χ0) is 26.6. The minimum Gasteiger partial charge on any atom is -0.494 e. The van der Waals surface area contributed by atoms with Crippen LogP contribution in [0, 0.1) is 0 Å². The fourth-order valence-corrected chi connectivity index (χ4v) is 6.80. The molecule has 1 aromatic rings. The highest BCUT2D eigenvalue weighted by molar-refractivity contribution is 7.89. The van der Waals surface area contributed by atoms with Crippen LogP contribution in [0.25, 0.3) is 0 Å². The SMILES string of the molecule is CCOc1ccc(S(=O)(=O)N2CCN(CCCF)CC2)cc1C1NC(=O)C2=C1CN(CCCF)CN2C. The normalized spacial score (nSPS) is 21.9. The lowest BCUT2D eigenvalue weighted by Gasteiger charge is -2.35. The molecule has 9 nitrogen and oxygen atoms in total. The molecule has 1 N–H and O–H groups in total. The number of carbonyl (C=O) groups excluding carboxylic acids is 1. The quantitative estimate of drug-likeness (QED) is 0.457. The Hall–Kier alpha value is -2.28. The number of halogens is 2. The molecule has 1 atom stereocenters. The Bertz CT molecular complexity index is 1110. The van der Waals surface area contributed by atoms with Gasteiger partial charge in [0.05, 0.1) is 37.6 Å². The first-order valence-corrected chi connectivity index (χ1v) is 14.3. The third kappa shape index (κ3) is 5.92. The van der Waals surface area contributed by atoms with Crippen LogP contribution in [0.3, 0.4) is 0 Å². The van der Waals surface area contributed by atoms with Gasteiger partial charge in [0.2, 0.25) is 10.0 Å². The van der Waals surface area contributed by atoms with Gasteiger partial charge < -0.3 is 19.9 Å². The number of sulfonamides is 1. The van der Waals surface area contributed by atoms with Gasteiger partial charge in [-0.15, -0.1) is 0 Å². The van der Waals surface area contributed by atoms with Crippen LogP contribution < -0.4 is 10.1 Å². The van der Waals surface area contributed by atoms with Gasteiger partial charge in [0, 0.05) is 58.4 Å². The van der Waals surface area contributed by atoms with Crippen molar-refractivity contribution in [3.05, 3.63) is 35.0 Å². The monoisotopic (exact) mass is 541 g/mol. The van der Waals surface area contributed by atoms with E-state index in [2.05, 4.69) is 15.1 Å². The number of piperazine rings is 1. The average Bonchev–Trinajstić information content (AvgIpc) is 3.23. The van der Waals surface area contributed by atoms with Crippen molar-refractivity contribution in [2.75, 3.05) is 79.5 Å². The van der Waals surface area contributed by atoms with E-state index in [-0.39, 0.29) is 17.5 Å². The van der Waals surface area contributed by atoms with Gasteiger partial charge in [-0.05, 0) is 43.5 Å². The zero-order valence-corrected chi connectivity index (χ0v) is 22.4. The third-order valence-corrected chi connectivity index (χ3v) is 9.00. The first-order valence-electron chi connectivity index (χ1n) is 12.9. The highest BCUT2D eigenvalue weighted by Gasteiger charge is 2.40. The van der Waals surface area contributed by atoms with Crippen molar-refractivity contribution in [1.29, 1.82) is 0 Å². The van der Waals surface area contributed by atoms with Crippen LogP contribution in [0.4, 0.5) is 8.78 Å². The summed E-state index contributed by atoms with van der Waals surface area (Å²) in [7, 11) is -1.95. The predicted octanol–water partition coefficient (Wildman–Crippen LogP) is 1.74. The van der Waals surface area contributed by atoms with Gasteiger partial charge in [-0.2, -0.15) is 4.31 Å². The van der Waals surface area contributed by atoms with Crippen molar-refractivity contribution < 1.29 is 26.7 Å². The molecular formula is C25H37F2N5O4S. The molecule has 0 spiro atoms. The number of benzene rings is 1. The molecule has 3 heterocycles. The smallest absolute Gasteiger partial charge is 0.268 e. The number of likely N-dealkylation sites (N-methyl/N-ethyl adjacent to an activating group) is 1. The molecule has 0 radical (unpaired) electrons. The van der Waals surface area contributed by atoms with Gasteiger partial charge in [0.1, 0.15) is 11.4 Å². The Morgan fingerprint density at radius 2 is 1.73 bits per heavy atom. The first-order chi connectivity index (χ1) is 17.8. The van der Waals surface area contributed by atoms with Gasteiger partial charge in [-0.3, -0.25) is 18.5 Å². The van der Waals surface area contributed by atoms with Crippen LogP contribution in [0.2, 0.25) is 0 Å². The molecule has 1 fully saturated rings. The minimum atomic E-state index is -3.78. The number of alkyl halides is 2. The van der Waals surface area contributed by atoms with Gasteiger partial charge in [0.25, 0.3) is 5.91 Å². The third-order valence-electron chi connectivity index (χ3n) is 7.11. The maximum Gasteiger partial charge on any atom is 0.268 e. The van der Waals surface area contributed by atoms with Crippen LogP contribution in [0.15, 0.2) is 34.4 Å². The van der Waals surface area contributed by atoms with E-state index in [9.17, 15) is 22.0 Å². The number of carbonyl (C=O) groups is 1. The molecule has 0 aliphatic carbocycles. The summed E-state index contributed by atoms with van der Waals surface area (Å²) in [4.78, 5) is 19.1. The second-order valence-electron chi connectivity index (χ2n) is 9.64. The largest absolute Gasteiger partial charge is 0.494 e. The summed E-state index contributed by atoms with van der Waals surface area (Å²) in [6, 6.07) is 4.26. The maximum absolute atomic E-state index is 13.6. The standard InChI is InChI=1S/C25H37F2N5O4S/c1-3-36-22-7-6-19(37(34,35)32-14-12-30(13-15-32)10-4-8-26)16-20(22)23-21-17-31(11-5-9-27)18-29(2)24(21)25(33)28-23/h6-7,16,23H,3-5,8-15,17-18H2,1-2H3,(H,28,33). The molecule has 1 unspecified atom stereocenters. The van der Waals surface area contributed by atoms with E-state index in [1.807, 2.05) is 18.9 Å². The van der Waals surface area contributed by atoms with Crippen molar-refractivity contribution >= 4 is 15.9 Å². The fourth-order valence-electron chi connectivity index (χ4n) is 5.34. The zero-order valence-electron chi connectivity index (χ0n) is 21.6. The van der Waals surface area contributed by atoms with Crippen LogP contribution in [-0.4, -0.2) is 113 Å². The van der Waals surface area contributed by atoms with Crippen LogP contribution >= 0.6 is 0 Å². The van der Waals surface area contributed by atoms with Crippen LogP contribution in [0.1, 0.15) is 31.4 Å². The Morgan fingerprint density at radius 1 is 1.05 bits per heavy atom. The van der Waals surface area contributed by atoms with E-state index < -0.39 is 22.7 Å². The van der Waals surface area contributed by atoms with E-state index >= 15 is 0 Å². The second-order valence-corrected chi connectivity index (χ2v) is 11.6. The molecule has 37 heavy (non-hydrogen) atoms. The summed E-state index contributed by atoms with van der Waals surface area (Å²) in [6.07, 6.45) is 0.849. The molecule has 0 saturated carbocycles. The van der Waals surface area contributed by atoms with Crippen LogP contribution in [0.5, 0.6) is 5.75 Å². The Morgan fingerprint density at radius 3 is 2.38 bits per heavy atom. The molecule has 1 saturated heterocycles. The molecule has 0 bridgehead atoms. The van der Waals surface area contributed by atoms with Gasteiger partial charge in [-0.1, -0.05) is 0 Å². The Labute approximate surface area is 218 Å². The van der Waals surface area contributed by atoms with Crippen molar-refractivity contribution in [2.45, 2.75) is 30.7 Å². The summed E-state index contributed by atoms with van der Waals surface area (Å²) in [5, 5.41) is 3.02. The van der Waals surface area contributed by atoms with Gasteiger partial charge >= 0.3 is 0 Å². The molecule has 206 valence electrons. The Kier molecular flexibility index (Phi) is 9.04. The van der Waals surface area contributed by atoms with E-state index in [1.165, 1.54) is 4.31 Å². The number of hydrogen-bond donors (Lipinski definition) is 1. The molecule has 1 amide bonds. The van der Waals surface area contributed by atoms with Crippen molar-refractivity contribution in [2.24, 2.45) is 0 Å². The van der Waals surface area contributed by atoms with Crippen molar-refractivity contribution in [3.8, 4) is 5.75 Å². The summed E-state index contributed by atoms with van der Waals surface area (Å²) in [5.41, 5.74) is 1.99. The van der Waals surface area contributed by atoms with Crippen molar-refractivity contribution in [1.82, 2.24) is 24.3 Å². The summed E-state index contributed by atoms with van der Waals surface area (Å²) < 4.78 is 59.8. The van der Waals surface area contributed by atoms with Gasteiger partial charge in [0.15, 0.2) is 0 Å². The van der Waals surface area contributed by atoms with E-state index in [0.717, 1.165) is 5.57 Å². The number of nitrogens with zero attached hydrogens (tertiary/aromatic N) is 4. The summed E-state index contributed by atoms with van der Waals surface area (Å²) in [6.45, 7) is 5.39. The molecule has 3 aliphatic rings. The number of nitrogens with one attached hydrogen (secondary N) is 1. The first kappa shape index (κ1) is 27.7. The molecule has 3 aliphatic heterocycles. The number of rotatable bonds is 11. The lowest BCUT2D eigenvalue weighted by Crippen LogP contribution is -2.48. The van der Waals surface area contributed by atoms with E-state index in [4.69, 9.17) is 4.74 Å². The molecular weight excluding hydrogens is 504 g/mol. The van der Waals surface area contributed by atoms with E-state index in [0.29, 0.717) is 88.9 Å². The molecule has 0 aromatic heterocycles. The molecule has 4 rings (SSSR count). The lowest BCUT2D eigenvalue weighted by atomic mass is 9.97. The summed E-state index contributed by atoms with van der Waals surface area (Å²) in [5.74, 6) is 0.299. The maximum atomic E-state index is 13.6. The number of ether oxygens (including phenoxy) is 1. The Balaban J connectivity index is 1.62. The average molecular weight is 542 g/mol. The van der Waals surface area contributed by atoms with Crippen LogP contribution in [-0.2, 0) is 14.8 Å². The predicted molar refractivity (Wildman–Crippen MR) is 136 cm³/mol. The second kappa shape index (κ2) is 12.1. The molecule has 12 heteroatoms. The molecule has 1 aromatic carbocycles. The number of amides is 1. The lowest BCUT2D eigenvalue weighted by molar-refractivity contribution is -0.118.